The summed E-state index contributed by atoms with van der Waals surface area (Å²) in [7, 11) is -0.338. The maximum atomic E-state index is 6.22. The first-order valence-corrected chi connectivity index (χ1v) is 13.6. The van der Waals surface area contributed by atoms with E-state index in [1.807, 2.05) is 0 Å². The molecule has 2 heterocycles. The van der Waals surface area contributed by atoms with Crippen LogP contribution >= 0.6 is 0 Å². The molecule has 1 atom stereocenters. The fraction of sp³-hybridized carbons (Fsp3) is 0.265. The maximum absolute atomic E-state index is 6.22. The quantitative estimate of drug-likeness (QED) is 0.270. The Hall–Kier alpha value is -3.47. The zero-order valence-electron chi connectivity index (χ0n) is 22.6. The van der Waals surface area contributed by atoms with Crippen LogP contribution in [-0.2, 0) is 9.31 Å². The Labute approximate surface area is 226 Å². The van der Waals surface area contributed by atoms with Gasteiger partial charge in [-0.3, -0.25) is 4.99 Å². The Kier molecular flexibility index (Phi) is 6.33. The number of nitrogens with zero attached hydrogens (tertiary/aromatic N) is 1. The van der Waals surface area contributed by atoms with Gasteiger partial charge >= 0.3 is 7.12 Å². The molecule has 0 spiro atoms. The number of fused-ring (bicyclic) bond motifs is 1. The zero-order valence-corrected chi connectivity index (χ0v) is 22.6. The Morgan fingerprint density at radius 1 is 0.658 bits per heavy atom. The van der Waals surface area contributed by atoms with Crippen LogP contribution in [0.2, 0.25) is 0 Å². The number of aliphatic imine (C=N–C) groups is 1. The first-order valence-electron chi connectivity index (χ1n) is 13.6. The number of para-hydroxylation sites is 1. The third-order valence-electron chi connectivity index (χ3n) is 8.43. The van der Waals surface area contributed by atoms with E-state index in [0.29, 0.717) is 5.92 Å². The second kappa shape index (κ2) is 9.69. The molecule has 0 radical (unpaired) electrons. The number of hydrogen-bond donors (Lipinski definition) is 0. The highest BCUT2D eigenvalue weighted by Crippen LogP contribution is 2.40. The van der Waals surface area contributed by atoms with Gasteiger partial charge in [0.15, 0.2) is 0 Å². The van der Waals surface area contributed by atoms with Crippen molar-refractivity contribution in [3.8, 4) is 11.1 Å². The average Bonchev–Trinajstić information content (AvgIpc) is 3.06. The molecule has 2 aliphatic heterocycles. The van der Waals surface area contributed by atoms with E-state index in [4.69, 9.17) is 14.3 Å². The molecule has 0 N–H and O–H groups in total. The van der Waals surface area contributed by atoms with Gasteiger partial charge in [-0.1, -0.05) is 97.1 Å². The second-order valence-corrected chi connectivity index (χ2v) is 11.4. The summed E-state index contributed by atoms with van der Waals surface area (Å²) in [5.41, 5.74) is 8.86. The van der Waals surface area contributed by atoms with Gasteiger partial charge in [-0.25, -0.2) is 0 Å². The van der Waals surface area contributed by atoms with E-state index < -0.39 is 0 Å². The minimum Gasteiger partial charge on any atom is -0.399 e. The van der Waals surface area contributed by atoms with E-state index in [1.165, 1.54) is 33.5 Å². The lowest BCUT2D eigenvalue weighted by Crippen LogP contribution is -2.41. The molecule has 6 rings (SSSR count). The van der Waals surface area contributed by atoms with Crippen molar-refractivity contribution in [3.05, 3.63) is 120 Å². The SMILES string of the molecule is CC1(C)OB(c2ccc(-c3ccc(C4CCC(c5ccccc5)=Nc5ccccc54)cc3)cc2)OC1(C)C. The summed E-state index contributed by atoms with van der Waals surface area (Å²) in [6, 6.07) is 36.8. The van der Waals surface area contributed by atoms with Crippen molar-refractivity contribution in [3.63, 3.8) is 0 Å². The van der Waals surface area contributed by atoms with E-state index in [2.05, 4.69) is 131 Å². The summed E-state index contributed by atoms with van der Waals surface area (Å²) < 4.78 is 12.4. The fourth-order valence-corrected chi connectivity index (χ4v) is 5.43. The van der Waals surface area contributed by atoms with Crippen LogP contribution in [0.4, 0.5) is 5.69 Å². The summed E-state index contributed by atoms with van der Waals surface area (Å²) in [6.45, 7) is 8.35. The van der Waals surface area contributed by atoms with Gasteiger partial charge in [0, 0.05) is 11.6 Å². The number of rotatable bonds is 4. The van der Waals surface area contributed by atoms with Crippen LogP contribution in [0.3, 0.4) is 0 Å². The normalized spacial score (nSPS) is 19.9. The summed E-state index contributed by atoms with van der Waals surface area (Å²) in [6.07, 6.45) is 1.98. The van der Waals surface area contributed by atoms with Crippen LogP contribution in [0.25, 0.3) is 11.1 Å². The maximum Gasteiger partial charge on any atom is 0.494 e. The van der Waals surface area contributed by atoms with E-state index in [-0.39, 0.29) is 18.3 Å². The lowest BCUT2D eigenvalue weighted by molar-refractivity contribution is 0.00578. The molecule has 2 aliphatic rings. The van der Waals surface area contributed by atoms with Gasteiger partial charge in [-0.2, -0.15) is 0 Å². The minimum atomic E-state index is -0.338. The topological polar surface area (TPSA) is 30.8 Å². The molecule has 0 amide bonds. The Morgan fingerprint density at radius 2 is 1.24 bits per heavy atom. The van der Waals surface area contributed by atoms with Gasteiger partial charge < -0.3 is 9.31 Å². The highest BCUT2D eigenvalue weighted by Gasteiger charge is 2.51. The van der Waals surface area contributed by atoms with Crippen molar-refractivity contribution in [1.29, 1.82) is 0 Å². The van der Waals surface area contributed by atoms with Crippen molar-refractivity contribution in [1.82, 2.24) is 0 Å². The van der Waals surface area contributed by atoms with Gasteiger partial charge in [0.05, 0.1) is 16.9 Å². The van der Waals surface area contributed by atoms with Crippen molar-refractivity contribution >= 4 is 24.0 Å². The molecular weight excluding hydrogens is 465 g/mol. The molecule has 0 bridgehead atoms. The van der Waals surface area contributed by atoms with Crippen molar-refractivity contribution in [2.45, 2.75) is 57.7 Å². The van der Waals surface area contributed by atoms with Gasteiger partial charge in [-0.15, -0.1) is 0 Å². The molecule has 0 aliphatic carbocycles. The van der Waals surface area contributed by atoms with Crippen LogP contribution in [0.1, 0.15) is 63.1 Å². The summed E-state index contributed by atoms with van der Waals surface area (Å²) in [5.74, 6) is 0.316. The molecular formula is C34H34BNO2. The minimum absolute atomic E-state index is 0.316. The monoisotopic (exact) mass is 499 g/mol. The predicted molar refractivity (Wildman–Crippen MR) is 158 cm³/mol. The van der Waals surface area contributed by atoms with Crippen LogP contribution in [0.5, 0.6) is 0 Å². The molecule has 1 unspecified atom stereocenters. The van der Waals surface area contributed by atoms with Gasteiger partial charge in [0.1, 0.15) is 0 Å². The van der Waals surface area contributed by atoms with Crippen molar-refractivity contribution in [2.75, 3.05) is 0 Å². The third kappa shape index (κ3) is 4.64. The standard InChI is InChI=1S/C34H34BNO2/c1-33(2)34(3,4)38-35(37-33)28-20-18-25(19-21-28)24-14-16-26(17-15-24)29-22-23-31(27-10-6-5-7-11-27)36-32-13-9-8-12-30(29)32/h5-21,29H,22-23H2,1-4H3. The number of benzene rings is 4. The van der Waals surface area contributed by atoms with Gasteiger partial charge in [0.25, 0.3) is 0 Å². The summed E-state index contributed by atoms with van der Waals surface area (Å²) >= 11 is 0. The van der Waals surface area contributed by atoms with Gasteiger partial charge in [-0.05, 0) is 79.9 Å². The van der Waals surface area contributed by atoms with Crippen molar-refractivity contribution in [2.24, 2.45) is 4.99 Å². The molecule has 3 nitrogen and oxygen atoms in total. The lowest BCUT2D eigenvalue weighted by Gasteiger charge is -2.32. The summed E-state index contributed by atoms with van der Waals surface area (Å²) in [5, 5.41) is 0. The Bertz CT molecular complexity index is 1440. The molecule has 0 saturated carbocycles. The second-order valence-electron chi connectivity index (χ2n) is 11.4. The van der Waals surface area contributed by atoms with E-state index in [0.717, 1.165) is 24.0 Å². The molecule has 0 aromatic heterocycles. The molecule has 38 heavy (non-hydrogen) atoms. The first kappa shape index (κ1) is 24.8. The Balaban J connectivity index is 1.22. The van der Waals surface area contributed by atoms with Gasteiger partial charge in [0.2, 0.25) is 0 Å². The number of hydrogen-bond acceptors (Lipinski definition) is 3. The smallest absolute Gasteiger partial charge is 0.399 e. The van der Waals surface area contributed by atoms with E-state index >= 15 is 0 Å². The zero-order chi connectivity index (χ0) is 26.3. The van der Waals surface area contributed by atoms with Crippen LogP contribution in [0, 0.1) is 0 Å². The highest BCUT2D eigenvalue weighted by atomic mass is 16.7. The summed E-state index contributed by atoms with van der Waals surface area (Å²) in [4.78, 5) is 5.11. The third-order valence-corrected chi connectivity index (χ3v) is 8.43. The molecule has 190 valence electrons. The molecule has 1 fully saturated rings. The Morgan fingerprint density at radius 3 is 1.89 bits per heavy atom. The average molecular weight is 499 g/mol. The molecule has 4 heteroatoms. The predicted octanol–water partition coefficient (Wildman–Crippen LogP) is 7.70. The first-order chi connectivity index (χ1) is 18.3. The fourth-order valence-electron chi connectivity index (χ4n) is 5.43. The lowest BCUT2D eigenvalue weighted by atomic mass is 9.78. The van der Waals surface area contributed by atoms with E-state index in [9.17, 15) is 0 Å². The molecule has 4 aromatic carbocycles. The van der Waals surface area contributed by atoms with E-state index in [1.54, 1.807) is 0 Å². The van der Waals surface area contributed by atoms with Crippen LogP contribution in [-0.4, -0.2) is 24.0 Å². The largest absolute Gasteiger partial charge is 0.494 e. The molecule has 1 saturated heterocycles. The molecule has 4 aromatic rings. The van der Waals surface area contributed by atoms with Crippen LogP contribution in [0.15, 0.2) is 108 Å². The van der Waals surface area contributed by atoms with Crippen LogP contribution < -0.4 is 5.46 Å². The highest BCUT2D eigenvalue weighted by molar-refractivity contribution is 6.62. The van der Waals surface area contributed by atoms with Crippen molar-refractivity contribution < 1.29 is 9.31 Å².